The zero-order chi connectivity index (χ0) is 16.8. The molecule has 1 aromatic carbocycles. The smallest absolute Gasteiger partial charge is 0.324 e. The summed E-state index contributed by atoms with van der Waals surface area (Å²) in [6, 6.07) is 4.05. The van der Waals surface area contributed by atoms with E-state index in [1.54, 1.807) is 25.7 Å². The predicted octanol–water partition coefficient (Wildman–Crippen LogP) is 2.24. The van der Waals surface area contributed by atoms with E-state index in [0.29, 0.717) is 16.5 Å². The number of nitrogens with zero attached hydrogens (tertiary/aromatic N) is 2. The molecule has 23 heavy (non-hydrogen) atoms. The number of carbonyl (C=O) groups is 1. The van der Waals surface area contributed by atoms with Crippen LogP contribution in [-0.4, -0.2) is 61.6 Å². The van der Waals surface area contributed by atoms with E-state index in [1.165, 1.54) is 30.0 Å². The van der Waals surface area contributed by atoms with Crippen molar-refractivity contribution in [3.63, 3.8) is 0 Å². The molecule has 2 aliphatic heterocycles. The minimum atomic E-state index is -0.918. The monoisotopic (exact) mass is 356 g/mol. The lowest BCUT2D eigenvalue weighted by atomic mass is 10.0. The Balaban J connectivity index is 1.85. The van der Waals surface area contributed by atoms with Crippen LogP contribution in [0.3, 0.4) is 0 Å². The van der Waals surface area contributed by atoms with Gasteiger partial charge in [0.15, 0.2) is 0 Å². The number of carboxylic acids is 1. The van der Waals surface area contributed by atoms with Gasteiger partial charge in [-0.1, -0.05) is 6.07 Å². The number of hydrogen-bond donors (Lipinski definition) is 2. The summed E-state index contributed by atoms with van der Waals surface area (Å²) >= 11 is 2.95. The maximum absolute atomic E-state index is 14.0. The van der Waals surface area contributed by atoms with Crippen LogP contribution in [0.1, 0.15) is 12.5 Å². The van der Waals surface area contributed by atoms with Gasteiger partial charge >= 0.3 is 5.97 Å². The van der Waals surface area contributed by atoms with Crippen molar-refractivity contribution in [2.24, 2.45) is 4.99 Å². The summed E-state index contributed by atoms with van der Waals surface area (Å²) in [6.45, 7) is 1.71. The fourth-order valence-corrected chi connectivity index (χ4v) is 5.64. The number of hydrogen-bond acceptors (Lipinski definition) is 6. The SMILES string of the molecule is CN1C(C2CSC(c3c(O)cccc3F)=N2)SCC1(C)C(=O)O. The first-order valence-corrected chi connectivity index (χ1v) is 9.14. The molecular weight excluding hydrogens is 339 g/mol. The molecule has 124 valence electrons. The van der Waals surface area contributed by atoms with Crippen LogP contribution in [-0.2, 0) is 4.79 Å². The van der Waals surface area contributed by atoms with E-state index < -0.39 is 17.3 Å². The second-order valence-corrected chi connectivity index (χ2v) is 7.95. The topological polar surface area (TPSA) is 73.1 Å². The second-order valence-electron chi connectivity index (χ2n) is 5.84. The number of likely N-dealkylation sites (N-methyl/N-ethyl adjacent to an activating group) is 1. The Kier molecular flexibility index (Phi) is 4.33. The molecule has 1 aromatic rings. The zero-order valence-electron chi connectivity index (χ0n) is 12.7. The zero-order valence-corrected chi connectivity index (χ0v) is 14.3. The van der Waals surface area contributed by atoms with E-state index in [-0.39, 0.29) is 22.7 Å². The third-order valence-corrected chi connectivity index (χ3v) is 7.16. The Morgan fingerprint density at radius 1 is 1.52 bits per heavy atom. The van der Waals surface area contributed by atoms with Gasteiger partial charge in [0.05, 0.1) is 17.0 Å². The largest absolute Gasteiger partial charge is 0.507 e. The maximum Gasteiger partial charge on any atom is 0.324 e. The predicted molar refractivity (Wildman–Crippen MR) is 90.9 cm³/mol. The highest BCUT2D eigenvalue weighted by molar-refractivity contribution is 8.14. The molecule has 3 atom stereocenters. The summed E-state index contributed by atoms with van der Waals surface area (Å²) in [5.74, 6) is -0.350. The second kappa shape index (κ2) is 5.99. The van der Waals surface area contributed by atoms with Crippen LogP contribution in [0.5, 0.6) is 5.75 Å². The first-order chi connectivity index (χ1) is 10.8. The van der Waals surface area contributed by atoms with E-state index in [1.807, 2.05) is 4.90 Å². The van der Waals surface area contributed by atoms with Crippen molar-refractivity contribution in [2.75, 3.05) is 18.6 Å². The quantitative estimate of drug-likeness (QED) is 0.865. The van der Waals surface area contributed by atoms with E-state index >= 15 is 0 Å². The molecule has 0 bridgehead atoms. The van der Waals surface area contributed by atoms with Gasteiger partial charge in [0.1, 0.15) is 22.1 Å². The molecule has 0 amide bonds. The van der Waals surface area contributed by atoms with Crippen molar-refractivity contribution in [1.29, 1.82) is 0 Å². The van der Waals surface area contributed by atoms with Gasteiger partial charge in [-0.2, -0.15) is 0 Å². The molecule has 1 saturated heterocycles. The lowest BCUT2D eigenvalue weighted by molar-refractivity contribution is -0.147. The summed E-state index contributed by atoms with van der Waals surface area (Å²) in [7, 11) is 1.79. The molecule has 5 nitrogen and oxygen atoms in total. The number of benzene rings is 1. The van der Waals surface area contributed by atoms with E-state index in [4.69, 9.17) is 0 Å². The molecule has 1 fully saturated rings. The highest BCUT2D eigenvalue weighted by atomic mass is 32.2. The lowest BCUT2D eigenvalue weighted by Crippen LogP contribution is -2.52. The summed E-state index contributed by atoms with van der Waals surface area (Å²) in [5, 5.41) is 19.7. The molecule has 2 aliphatic rings. The summed E-state index contributed by atoms with van der Waals surface area (Å²) < 4.78 is 14.0. The van der Waals surface area contributed by atoms with Gasteiger partial charge in [-0.3, -0.25) is 14.7 Å². The number of rotatable bonds is 3. The highest BCUT2D eigenvalue weighted by Crippen LogP contribution is 2.41. The van der Waals surface area contributed by atoms with Gasteiger partial charge in [0.25, 0.3) is 0 Å². The third-order valence-electron chi connectivity index (χ3n) is 4.36. The summed E-state index contributed by atoms with van der Waals surface area (Å²) in [6.07, 6.45) is 0. The van der Waals surface area contributed by atoms with Crippen molar-refractivity contribution in [3.05, 3.63) is 29.6 Å². The summed E-state index contributed by atoms with van der Waals surface area (Å²) in [4.78, 5) is 17.9. The minimum Gasteiger partial charge on any atom is -0.507 e. The molecule has 0 aromatic heterocycles. The lowest BCUT2D eigenvalue weighted by Gasteiger charge is -2.31. The number of aromatic hydroxyl groups is 1. The van der Waals surface area contributed by atoms with Crippen LogP contribution in [0.4, 0.5) is 4.39 Å². The third kappa shape index (κ3) is 2.72. The van der Waals surface area contributed by atoms with Crippen LogP contribution in [0.2, 0.25) is 0 Å². The fourth-order valence-electron chi connectivity index (χ4n) is 2.72. The normalized spacial score (nSPS) is 31.3. The van der Waals surface area contributed by atoms with Crippen LogP contribution < -0.4 is 0 Å². The van der Waals surface area contributed by atoms with Crippen molar-refractivity contribution < 1.29 is 19.4 Å². The Morgan fingerprint density at radius 3 is 2.87 bits per heavy atom. The van der Waals surface area contributed by atoms with Crippen molar-refractivity contribution in [2.45, 2.75) is 23.9 Å². The molecule has 2 heterocycles. The van der Waals surface area contributed by atoms with Gasteiger partial charge in [-0.15, -0.1) is 23.5 Å². The number of carboxylic acid groups (broad SMARTS) is 1. The molecule has 2 N–H and O–H groups in total. The Bertz CT molecular complexity index is 664. The van der Waals surface area contributed by atoms with Gasteiger partial charge in [0, 0.05) is 11.5 Å². The Morgan fingerprint density at radius 2 is 2.26 bits per heavy atom. The maximum atomic E-state index is 14.0. The molecule has 0 spiro atoms. The van der Waals surface area contributed by atoms with E-state index in [2.05, 4.69) is 4.99 Å². The van der Waals surface area contributed by atoms with Crippen LogP contribution >= 0.6 is 23.5 Å². The van der Waals surface area contributed by atoms with E-state index in [0.717, 1.165) is 0 Å². The van der Waals surface area contributed by atoms with Crippen LogP contribution in [0.15, 0.2) is 23.2 Å². The first-order valence-electron chi connectivity index (χ1n) is 7.11. The number of thioether (sulfide) groups is 2. The standard InChI is InChI=1S/C15H17FN2O3S2/c1-15(14(20)21)7-23-13(18(15)2)9-6-22-12(17-9)11-8(16)4-3-5-10(11)19/h3-5,9,13,19H,6-7H2,1-2H3,(H,20,21). The van der Waals surface area contributed by atoms with Crippen LogP contribution in [0, 0.1) is 5.82 Å². The molecule has 0 radical (unpaired) electrons. The molecule has 8 heteroatoms. The van der Waals surface area contributed by atoms with E-state index in [9.17, 15) is 19.4 Å². The molecular formula is C15H17FN2O3S2. The highest BCUT2D eigenvalue weighted by Gasteiger charge is 2.50. The average Bonchev–Trinajstić information content (AvgIpc) is 3.06. The minimum absolute atomic E-state index is 0.0741. The Labute approximate surface area is 142 Å². The van der Waals surface area contributed by atoms with Gasteiger partial charge in [-0.05, 0) is 26.1 Å². The van der Waals surface area contributed by atoms with Crippen molar-refractivity contribution in [1.82, 2.24) is 4.90 Å². The molecule has 0 saturated carbocycles. The van der Waals surface area contributed by atoms with Gasteiger partial charge in [-0.25, -0.2) is 4.39 Å². The first kappa shape index (κ1) is 16.6. The van der Waals surface area contributed by atoms with Crippen LogP contribution in [0.25, 0.3) is 0 Å². The molecule has 0 aliphatic carbocycles. The molecule has 3 unspecified atom stereocenters. The van der Waals surface area contributed by atoms with Crippen molar-refractivity contribution >= 4 is 34.5 Å². The molecule has 3 rings (SSSR count). The number of phenolic OH excluding ortho intramolecular Hbond substituents is 1. The summed E-state index contributed by atoms with van der Waals surface area (Å²) in [5.41, 5.74) is -0.787. The van der Waals surface area contributed by atoms with Gasteiger partial charge in [0.2, 0.25) is 0 Å². The average molecular weight is 356 g/mol. The fraction of sp³-hybridized carbons (Fsp3) is 0.467. The number of halogens is 1. The van der Waals surface area contributed by atoms with Gasteiger partial charge < -0.3 is 10.2 Å². The Hall–Kier alpha value is -1.25. The van der Waals surface area contributed by atoms with Crippen molar-refractivity contribution in [3.8, 4) is 5.75 Å². The number of phenols is 1. The number of aliphatic carboxylic acids is 1. The number of aliphatic imine (C=N–C) groups is 1.